The molecule has 1 heterocycles. The van der Waals surface area contributed by atoms with Crippen molar-refractivity contribution < 1.29 is 13.2 Å². The molecule has 0 bridgehead atoms. The van der Waals surface area contributed by atoms with E-state index in [1.807, 2.05) is 0 Å². The maximum absolute atomic E-state index is 13.7. The van der Waals surface area contributed by atoms with E-state index in [-0.39, 0.29) is 23.2 Å². The molecule has 1 aromatic rings. The van der Waals surface area contributed by atoms with Crippen LogP contribution in [0.4, 0.5) is 18.9 Å². The average molecular weight is 289 g/mol. The monoisotopic (exact) mass is 289 g/mol. The fourth-order valence-corrected chi connectivity index (χ4v) is 3.35. The molecule has 1 aliphatic carbocycles. The number of rotatable bonds is 1. The topological polar surface area (TPSA) is 64.4 Å². The number of hydrogen-bond donors (Lipinski definition) is 2. The summed E-state index contributed by atoms with van der Waals surface area (Å²) in [6.45, 7) is 0. The van der Waals surface area contributed by atoms with Gasteiger partial charge in [0.05, 0.1) is 13.2 Å². The summed E-state index contributed by atoms with van der Waals surface area (Å²) in [5.41, 5.74) is 11.6. The van der Waals surface area contributed by atoms with Crippen molar-refractivity contribution in [1.82, 2.24) is 0 Å². The lowest BCUT2D eigenvalue weighted by molar-refractivity contribution is 0.481. The lowest BCUT2D eigenvalue weighted by atomic mass is 10.0. The van der Waals surface area contributed by atoms with Crippen molar-refractivity contribution in [3.8, 4) is 0 Å². The molecule has 3 unspecified atom stereocenters. The number of anilines is 1. The van der Waals surface area contributed by atoms with Gasteiger partial charge in [-0.3, -0.25) is 9.38 Å². The number of fused-ring (bicyclic) bond motifs is 1. The Morgan fingerprint density at radius 1 is 1.26 bits per heavy atom. The zero-order valence-corrected chi connectivity index (χ0v) is 11.1. The number of nitrogens with two attached hydrogens (primary N) is 2. The van der Waals surface area contributed by atoms with Crippen LogP contribution in [0.5, 0.6) is 0 Å². The summed E-state index contributed by atoms with van der Waals surface area (Å²) in [6, 6.07) is 2.04. The molecule has 0 amide bonds. The first-order valence-corrected chi connectivity index (χ1v) is 6.56. The highest BCUT2D eigenvalue weighted by Gasteiger charge is 2.48. The van der Waals surface area contributed by atoms with Crippen LogP contribution in [0.15, 0.2) is 17.1 Å². The van der Waals surface area contributed by atoms with E-state index in [2.05, 4.69) is 4.99 Å². The second-order valence-corrected chi connectivity index (χ2v) is 5.63. The number of benzene rings is 1. The van der Waals surface area contributed by atoms with Gasteiger partial charge in [-0.25, -0.2) is 8.78 Å². The molecule has 0 aromatic heterocycles. The number of halogens is 3. The summed E-state index contributed by atoms with van der Waals surface area (Å²) in [6.07, 6.45) is 0.940. The molecule has 0 saturated heterocycles. The maximum atomic E-state index is 13.7. The fraction of sp³-hybridized carbons (Fsp3) is 0.417. The van der Waals surface area contributed by atoms with Gasteiger partial charge in [-0.15, -0.1) is 0 Å². The molecule has 3 atom stereocenters. The molecular weight excluding hydrogens is 275 g/mol. The van der Waals surface area contributed by atoms with Crippen LogP contribution in [0.3, 0.4) is 0 Å². The molecule has 104 valence electrons. The van der Waals surface area contributed by atoms with Gasteiger partial charge in [0.25, 0.3) is 0 Å². The average Bonchev–Trinajstić information content (AvgIpc) is 3.14. The molecule has 3 rings (SSSR count). The van der Waals surface area contributed by atoms with Crippen LogP contribution in [0.25, 0.3) is 0 Å². The highest BCUT2D eigenvalue weighted by atomic mass is 32.2. The molecule has 0 spiro atoms. The predicted octanol–water partition coefficient (Wildman–Crippen LogP) is 2.62. The third-order valence-corrected chi connectivity index (χ3v) is 4.31. The van der Waals surface area contributed by atoms with E-state index < -0.39 is 11.6 Å². The van der Waals surface area contributed by atoms with E-state index in [1.54, 1.807) is 0 Å². The first-order valence-electron chi connectivity index (χ1n) is 5.68. The van der Waals surface area contributed by atoms with Crippen LogP contribution >= 0.6 is 11.8 Å². The van der Waals surface area contributed by atoms with Crippen LogP contribution in [0, 0.1) is 17.6 Å². The largest absolute Gasteiger partial charge is 0.399 e. The number of aliphatic imine (C=N–C) groups is 1. The normalized spacial score (nSPS) is 27.8. The summed E-state index contributed by atoms with van der Waals surface area (Å²) >= 11 is 1.51. The van der Waals surface area contributed by atoms with Crippen molar-refractivity contribution in [2.45, 2.75) is 17.7 Å². The minimum atomic E-state index is -0.927. The second-order valence-electron chi connectivity index (χ2n) is 4.37. The Bertz CT molecular complexity index is 521. The molecule has 1 saturated carbocycles. The maximum Gasteiger partial charge on any atom is 0.164 e. The highest BCUT2D eigenvalue weighted by molar-refractivity contribution is 8.14. The van der Waals surface area contributed by atoms with Crippen molar-refractivity contribution in [3.05, 3.63) is 29.3 Å². The highest BCUT2D eigenvalue weighted by Crippen LogP contribution is 2.54. The van der Waals surface area contributed by atoms with Gasteiger partial charge in [-0.05, 0) is 24.5 Å². The molecule has 19 heavy (non-hydrogen) atoms. The van der Waals surface area contributed by atoms with E-state index in [1.165, 1.54) is 17.8 Å². The van der Waals surface area contributed by atoms with E-state index in [0.717, 1.165) is 12.5 Å². The van der Waals surface area contributed by atoms with E-state index in [9.17, 15) is 13.2 Å². The molecule has 3 nitrogen and oxygen atoms in total. The Morgan fingerprint density at radius 2 is 1.95 bits per heavy atom. The van der Waals surface area contributed by atoms with E-state index >= 15 is 0 Å². The van der Waals surface area contributed by atoms with Gasteiger partial charge in [-0.1, -0.05) is 11.8 Å². The van der Waals surface area contributed by atoms with Crippen molar-refractivity contribution in [1.29, 1.82) is 0 Å². The summed E-state index contributed by atoms with van der Waals surface area (Å²) in [7, 11) is 0.500. The van der Waals surface area contributed by atoms with Crippen LogP contribution < -0.4 is 11.5 Å². The molecule has 1 aliphatic heterocycles. The number of hydrogen-bond acceptors (Lipinski definition) is 4. The molecule has 1 fully saturated rings. The van der Waals surface area contributed by atoms with Crippen molar-refractivity contribution in [2.75, 3.05) is 12.9 Å². The second kappa shape index (κ2) is 5.32. The first-order chi connectivity index (χ1) is 9.06. The van der Waals surface area contributed by atoms with Crippen molar-refractivity contribution >= 4 is 22.6 Å². The van der Waals surface area contributed by atoms with Crippen molar-refractivity contribution in [2.24, 2.45) is 16.6 Å². The Balaban J connectivity index is 0.000000637. The van der Waals surface area contributed by atoms with Crippen LogP contribution in [-0.4, -0.2) is 17.6 Å². The van der Waals surface area contributed by atoms with Crippen LogP contribution in [0.1, 0.15) is 18.0 Å². The summed E-state index contributed by atoms with van der Waals surface area (Å²) in [5, 5.41) is 0.831. The van der Waals surface area contributed by atoms with Crippen LogP contribution in [0.2, 0.25) is 0 Å². The predicted molar refractivity (Wildman–Crippen MR) is 71.7 cm³/mol. The van der Waals surface area contributed by atoms with Gasteiger partial charge < -0.3 is 11.5 Å². The molecule has 0 radical (unpaired) electrons. The Kier molecular flexibility index (Phi) is 3.93. The van der Waals surface area contributed by atoms with Crippen LogP contribution in [-0.2, 0) is 0 Å². The lowest BCUT2D eigenvalue weighted by Gasteiger charge is -2.19. The molecule has 7 heteroatoms. The fourth-order valence-electron chi connectivity index (χ4n) is 2.22. The summed E-state index contributed by atoms with van der Waals surface area (Å²) < 4.78 is 36.5. The number of thioether (sulfide) groups is 1. The summed E-state index contributed by atoms with van der Waals surface area (Å²) in [4.78, 5) is 4.21. The number of alkyl halides is 1. The molecule has 1 aromatic carbocycles. The molecule has 4 N–H and O–H groups in total. The van der Waals surface area contributed by atoms with Gasteiger partial charge in [0, 0.05) is 16.5 Å². The molecule has 2 aliphatic rings. The SMILES string of the molecule is CF.NC1=NC(c2cc(N)cc(F)c2F)C2CC2S1. The van der Waals surface area contributed by atoms with Crippen molar-refractivity contribution in [3.63, 3.8) is 0 Å². The zero-order valence-electron chi connectivity index (χ0n) is 10.2. The first kappa shape index (κ1) is 14.0. The Morgan fingerprint density at radius 3 is 2.63 bits per heavy atom. The number of amidine groups is 1. The van der Waals surface area contributed by atoms with Gasteiger partial charge in [0.1, 0.15) is 0 Å². The molecular formula is C12H14F3N3S. The Hall–Kier alpha value is -1.37. The zero-order chi connectivity index (χ0) is 14.2. The smallest absolute Gasteiger partial charge is 0.164 e. The standard InChI is InChI=1S/C11H11F2N3S.CH3F/c12-7-2-4(14)1-6(9(7)13)10-5-3-8(5)17-11(15)16-10;1-2/h1-2,5,8,10H,3,14H2,(H2,15,16);1H3. The van der Waals surface area contributed by atoms with Gasteiger partial charge in [-0.2, -0.15) is 0 Å². The lowest BCUT2D eigenvalue weighted by Crippen LogP contribution is -2.18. The minimum absolute atomic E-state index is 0.211. The van der Waals surface area contributed by atoms with E-state index in [4.69, 9.17) is 11.5 Å². The minimum Gasteiger partial charge on any atom is -0.399 e. The van der Waals surface area contributed by atoms with E-state index in [0.29, 0.717) is 17.6 Å². The van der Waals surface area contributed by atoms with Gasteiger partial charge in [0.2, 0.25) is 0 Å². The number of nitrogens with zero attached hydrogens (tertiary/aromatic N) is 1. The van der Waals surface area contributed by atoms with Gasteiger partial charge >= 0.3 is 0 Å². The third-order valence-electron chi connectivity index (χ3n) is 3.12. The quantitative estimate of drug-likeness (QED) is 0.781. The number of nitrogen functional groups attached to an aromatic ring is 1. The third kappa shape index (κ3) is 2.65. The Labute approximate surface area is 113 Å². The van der Waals surface area contributed by atoms with Gasteiger partial charge in [0.15, 0.2) is 16.8 Å². The summed E-state index contributed by atoms with van der Waals surface area (Å²) in [5.74, 6) is -1.54.